The van der Waals surface area contributed by atoms with Crippen molar-refractivity contribution in [1.82, 2.24) is 10.2 Å². The summed E-state index contributed by atoms with van der Waals surface area (Å²) in [4.78, 5) is 25.2. The largest absolute Gasteiger partial charge is 0.469 e. The Labute approximate surface area is 119 Å². The molecule has 0 bridgehead atoms. The number of carbonyl (C=O) groups excluding carboxylic acids is 2. The standard InChI is InChI=1S/C13H24N2O5/c1-10(13(17)14-4-6-18-2)15-5-7-20-11(9-15)8-12(16)19-3/h10-11H,4-9H2,1-3H3,(H,14,17). The summed E-state index contributed by atoms with van der Waals surface area (Å²) in [5.74, 6) is -0.338. The third kappa shape index (κ3) is 5.44. The molecule has 1 aliphatic heterocycles. The van der Waals surface area contributed by atoms with Gasteiger partial charge in [-0.2, -0.15) is 0 Å². The van der Waals surface area contributed by atoms with Crippen LogP contribution in [0.2, 0.25) is 0 Å². The van der Waals surface area contributed by atoms with E-state index in [1.807, 2.05) is 11.8 Å². The molecule has 0 aliphatic carbocycles. The smallest absolute Gasteiger partial charge is 0.308 e. The van der Waals surface area contributed by atoms with Crippen molar-refractivity contribution in [3.05, 3.63) is 0 Å². The van der Waals surface area contributed by atoms with Gasteiger partial charge in [0.15, 0.2) is 0 Å². The summed E-state index contributed by atoms with van der Waals surface area (Å²) in [5, 5.41) is 2.81. The van der Waals surface area contributed by atoms with Crippen LogP contribution in [0.5, 0.6) is 0 Å². The Balaban J connectivity index is 2.40. The minimum absolute atomic E-state index is 0.0410. The number of ether oxygens (including phenoxy) is 3. The van der Waals surface area contributed by atoms with E-state index >= 15 is 0 Å². The molecule has 1 rings (SSSR count). The van der Waals surface area contributed by atoms with E-state index in [0.717, 1.165) is 0 Å². The molecule has 1 aliphatic rings. The summed E-state index contributed by atoms with van der Waals surface area (Å²) in [5.41, 5.74) is 0. The first-order valence-corrected chi connectivity index (χ1v) is 6.77. The number of hydrogen-bond donors (Lipinski definition) is 1. The molecule has 7 nitrogen and oxygen atoms in total. The fourth-order valence-electron chi connectivity index (χ4n) is 2.08. The van der Waals surface area contributed by atoms with Crippen molar-refractivity contribution in [2.45, 2.75) is 25.5 Å². The lowest BCUT2D eigenvalue weighted by molar-refractivity contribution is -0.146. The number of amides is 1. The molecule has 20 heavy (non-hydrogen) atoms. The van der Waals surface area contributed by atoms with Crippen molar-refractivity contribution in [1.29, 1.82) is 0 Å². The molecule has 1 saturated heterocycles. The zero-order valence-corrected chi connectivity index (χ0v) is 12.4. The Morgan fingerprint density at radius 2 is 2.20 bits per heavy atom. The van der Waals surface area contributed by atoms with Crippen LogP contribution in [0.4, 0.5) is 0 Å². The van der Waals surface area contributed by atoms with Gasteiger partial charge in [0.05, 0.1) is 38.9 Å². The van der Waals surface area contributed by atoms with Gasteiger partial charge in [0.2, 0.25) is 5.91 Å². The van der Waals surface area contributed by atoms with Crippen LogP contribution in [0.15, 0.2) is 0 Å². The predicted molar refractivity (Wildman–Crippen MR) is 72.3 cm³/mol. The van der Waals surface area contributed by atoms with Gasteiger partial charge in [-0.05, 0) is 6.92 Å². The van der Waals surface area contributed by atoms with E-state index in [4.69, 9.17) is 9.47 Å². The average Bonchev–Trinajstić information content (AvgIpc) is 2.46. The van der Waals surface area contributed by atoms with E-state index in [9.17, 15) is 9.59 Å². The first-order valence-electron chi connectivity index (χ1n) is 6.77. The molecule has 1 amide bonds. The van der Waals surface area contributed by atoms with Crippen LogP contribution in [0, 0.1) is 0 Å². The normalized spacial score (nSPS) is 21.2. The Bertz CT molecular complexity index is 324. The second kappa shape index (κ2) is 8.89. The number of methoxy groups -OCH3 is 2. The van der Waals surface area contributed by atoms with Crippen LogP contribution >= 0.6 is 0 Å². The van der Waals surface area contributed by atoms with Crippen molar-refractivity contribution in [2.24, 2.45) is 0 Å². The maximum Gasteiger partial charge on any atom is 0.308 e. The Kier molecular flexibility index (Phi) is 7.50. The molecule has 116 valence electrons. The third-order valence-corrected chi connectivity index (χ3v) is 3.32. The van der Waals surface area contributed by atoms with E-state index in [1.54, 1.807) is 7.11 Å². The summed E-state index contributed by atoms with van der Waals surface area (Å²) in [7, 11) is 2.95. The first-order chi connectivity index (χ1) is 9.58. The minimum Gasteiger partial charge on any atom is -0.469 e. The molecule has 0 aromatic carbocycles. The fraction of sp³-hybridized carbons (Fsp3) is 0.846. The lowest BCUT2D eigenvalue weighted by Gasteiger charge is -2.35. The Morgan fingerprint density at radius 1 is 1.45 bits per heavy atom. The van der Waals surface area contributed by atoms with Gasteiger partial charge in [0, 0.05) is 26.7 Å². The molecule has 0 aromatic rings. The fourth-order valence-corrected chi connectivity index (χ4v) is 2.08. The minimum atomic E-state index is -0.297. The van der Waals surface area contributed by atoms with Gasteiger partial charge >= 0.3 is 5.97 Å². The number of carbonyl (C=O) groups is 2. The van der Waals surface area contributed by atoms with Gasteiger partial charge in [0.1, 0.15) is 0 Å². The van der Waals surface area contributed by atoms with Gasteiger partial charge in [-0.25, -0.2) is 0 Å². The molecule has 0 radical (unpaired) electrons. The number of rotatable bonds is 7. The van der Waals surface area contributed by atoms with Crippen molar-refractivity contribution < 1.29 is 23.8 Å². The topological polar surface area (TPSA) is 77.1 Å². The molecule has 0 aromatic heterocycles. The molecule has 1 heterocycles. The quantitative estimate of drug-likeness (QED) is 0.498. The molecule has 0 spiro atoms. The van der Waals surface area contributed by atoms with E-state index in [0.29, 0.717) is 32.8 Å². The second-order valence-corrected chi connectivity index (χ2v) is 4.73. The summed E-state index contributed by atoms with van der Waals surface area (Å²) in [6.45, 7) is 4.58. The third-order valence-electron chi connectivity index (χ3n) is 3.32. The zero-order valence-electron chi connectivity index (χ0n) is 12.4. The molecule has 1 N–H and O–H groups in total. The molecule has 2 unspecified atom stereocenters. The number of esters is 1. The number of nitrogens with one attached hydrogen (secondary N) is 1. The summed E-state index contributed by atoms with van der Waals surface area (Å²) in [6.07, 6.45) is -0.00389. The lowest BCUT2D eigenvalue weighted by atomic mass is 10.1. The molecular formula is C13H24N2O5. The highest BCUT2D eigenvalue weighted by molar-refractivity contribution is 5.81. The van der Waals surface area contributed by atoms with E-state index in [2.05, 4.69) is 10.1 Å². The average molecular weight is 288 g/mol. The van der Waals surface area contributed by atoms with Gasteiger partial charge in [-0.1, -0.05) is 0 Å². The van der Waals surface area contributed by atoms with Crippen LogP contribution < -0.4 is 5.32 Å². The van der Waals surface area contributed by atoms with E-state index in [1.165, 1.54) is 7.11 Å². The highest BCUT2D eigenvalue weighted by Gasteiger charge is 2.29. The Hall–Kier alpha value is -1.18. The van der Waals surface area contributed by atoms with Crippen molar-refractivity contribution in [3.8, 4) is 0 Å². The van der Waals surface area contributed by atoms with Crippen LogP contribution in [-0.4, -0.2) is 76.0 Å². The number of hydrogen-bond acceptors (Lipinski definition) is 6. The van der Waals surface area contributed by atoms with Crippen LogP contribution in [-0.2, 0) is 23.8 Å². The molecule has 2 atom stereocenters. The van der Waals surface area contributed by atoms with Crippen molar-refractivity contribution in [3.63, 3.8) is 0 Å². The molecule has 1 fully saturated rings. The Morgan fingerprint density at radius 3 is 2.85 bits per heavy atom. The van der Waals surface area contributed by atoms with E-state index in [-0.39, 0.29) is 30.4 Å². The molecular weight excluding hydrogens is 264 g/mol. The molecule has 0 saturated carbocycles. The first kappa shape index (κ1) is 16.9. The van der Waals surface area contributed by atoms with E-state index < -0.39 is 0 Å². The SMILES string of the molecule is COCCNC(=O)C(C)N1CCOC(CC(=O)OC)C1. The maximum absolute atomic E-state index is 12.0. The predicted octanol–water partition coefficient (Wildman–Crippen LogP) is -0.599. The van der Waals surface area contributed by atoms with Crippen molar-refractivity contribution >= 4 is 11.9 Å². The zero-order chi connectivity index (χ0) is 15.0. The highest BCUT2D eigenvalue weighted by atomic mass is 16.5. The van der Waals surface area contributed by atoms with Gasteiger partial charge in [0.25, 0.3) is 0 Å². The van der Waals surface area contributed by atoms with Crippen LogP contribution in [0.25, 0.3) is 0 Å². The summed E-state index contributed by atoms with van der Waals surface area (Å²) < 4.78 is 15.0. The second-order valence-electron chi connectivity index (χ2n) is 4.73. The number of morpholine rings is 1. The van der Waals surface area contributed by atoms with Crippen LogP contribution in [0.3, 0.4) is 0 Å². The van der Waals surface area contributed by atoms with Gasteiger partial charge in [-0.3, -0.25) is 14.5 Å². The monoisotopic (exact) mass is 288 g/mol. The molecule has 7 heteroatoms. The van der Waals surface area contributed by atoms with Crippen molar-refractivity contribution in [2.75, 3.05) is 47.1 Å². The highest BCUT2D eigenvalue weighted by Crippen LogP contribution is 2.12. The maximum atomic E-state index is 12.0. The summed E-state index contributed by atoms with van der Waals surface area (Å²) >= 11 is 0. The summed E-state index contributed by atoms with van der Waals surface area (Å²) in [6, 6.07) is -0.254. The van der Waals surface area contributed by atoms with Gasteiger partial charge < -0.3 is 19.5 Å². The lowest BCUT2D eigenvalue weighted by Crippen LogP contribution is -2.52. The van der Waals surface area contributed by atoms with Crippen LogP contribution in [0.1, 0.15) is 13.3 Å². The number of nitrogens with zero attached hydrogens (tertiary/aromatic N) is 1. The van der Waals surface area contributed by atoms with Gasteiger partial charge in [-0.15, -0.1) is 0 Å².